The number of aryl methyl sites for hydroxylation is 1. The fourth-order valence-corrected chi connectivity index (χ4v) is 3.70. The average Bonchev–Trinajstić information content (AvgIpc) is 3.06. The molecular formula is C17H19N3O3S. The summed E-state index contributed by atoms with van der Waals surface area (Å²) in [5.74, 6) is 0.421. The lowest BCUT2D eigenvalue weighted by Crippen LogP contribution is -2.29. The van der Waals surface area contributed by atoms with Gasteiger partial charge in [0.15, 0.2) is 0 Å². The Labute approximate surface area is 141 Å². The van der Waals surface area contributed by atoms with Crippen molar-refractivity contribution in [2.45, 2.75) is 19.4 Å². The van der Waals surface area contributed by atoms with Gasteiger partial charge in [-0.25, -0.2) is 8.42 Å². The Balaban J connectivity index is 1.61. The second kappa shape index (κ2) is 7.11. The second-order valence-corrected chi connectivity index (χ2v) is 7.48. The molecular weight excluding hydrogens is 326 g/mol. The minimum atomic E-state index is -3.45. The van der Waals surface area contributed by atoms with Crippen LogP contribution < -0.4 is 4.74 Å². The lowest BCUT2D eigenvalue weighted by Gasteiger charge is -2.14. The van der Waals surface area contributed by atoms with Crippen molar-refractivity contribution in [2.75, 3.05) is 13.1 Å². The normalized spacial score (nSPS) is 19.0. The molecule has 1 aliphatic heterocycles. The van der Waals surface area contributed by atoms with Crippen LogP contribution in [0.25, 0.3) is 6.08 Å². The fourth-order valence-electron chi connectivity index (χ4n) is 2.46. The van der Waals surface area contributed by atoms with Crippen LogP contribution in [0.4, 0.5) is 0 Å². The first-order chi connectivity index (χ1) is 11.5. The monoisotopic (exact) mass is 345 g/mol. The Hall–Kier alpha value is -2.25. The molecule has 1 aromatic carbocycles. The van der Waals surface area contributed by atoms with Gasteiger partial charge in [0, 0.05) is 18.0 Å². The van der Waals surface area contributed by atoms with Crippen LogP contribution in [0.2, 0.25) is 0 Å². The van der Waals surface area contributed by atoms with Gasteiger partial charge in [-0.15, -0.1) is 5.10 Å². The highest BCUT2D eigenvalue weighted by Crippen LogP contribution is 2.20. The van der Waals surface area contributed by atoms with E-state index in [-0.39, 0.29) is 6.10 Å². The number of aromatic nitrogens is 2. The smallest absolute Gasteiger partial charge is 0.236 e. The maximum atomic E-state index is 12.4. The van der Waals surface area contributed by atoms with Crippen molar-refractivity contribution < 1.29 is 13.2 Å². The number of sulfonamides is 1. The van der Waals surface area contributed by atoms with Crippen molar-refractivity contribution in [3.05, 3.63) is 59.1 Å². The third-order valence-corrected chi connectivity index (χ3v) is 5.29. The molecule has 3 rings (SSSR count). The van der Waals surface area contributed by atoms with Crippen LogP contribution in [0.1, 0.15) is 17.7 Å². The van der Waals surface area contributed by atoms with E-state index in [9.17, 15) is 8.42 Å². The van der Waals surface area contributed by atoms with Gasteiger partial charge in [-0.1, -0.05) is 30.3 Å². The molecule has 0 spiro atoms. The highest BCUT2D eigenvalue weighted by molar-refractivity contribution is 7.92. The number of hydrogen-bond donors (Lipinski definition) is 0. The number of hydrogen-bond acceptors (Lipinski definition) is 5. The van der Waals surface area contributed by atoms with E-state index in [1.54, 1.807) is 12.1 Å². The van der Waals surface area contributed by atoms with Crippen molar-refractivity contribution in [2.24, 2.45) is 0 Å². The number of nitrogens with zero attached hydrogens (tertiary/aromatic N) is 3. The first kappa shape index (κ1) is 16.6. The van der Waals surface area contributed by atoms with Gasteiger partial charge < -0.3 is 4.74 Å². The van der Waals surface area contributed by atoms with Crippen LogP contribution in [-0.2, 0) is 10.0 Å². The SMILES string of the molecule is Cc1ccc(OC2CCN(S(=O)(=O)C=Cc3ccccc3)C2)nn1. The maximum absolute atomic E-state index is 12.4. The number of rotatable bonds is 5. The van der Waals surface area contributed by atoms with E-state index >= 15 is 0 Å². The molecule has 0 radical (unpaired) electrons. The zero-order valence-electron chi connectivity index (χ0n) is 13.4. The zero-order valence-corrected chi connectivity index (χ0v) is 14.2. The summed E-state index contributed by atoms with van der Waals surface area (Å²) in [4.78, 5) is 0. The summed E-state index contributed by atoms with van der Waals surface area (Å²) in [6, 6.07) is 12.9. The number of benzene rings is 1. The van der Waals surface area contributed by atoms with Crippen molar-refractivity contribution in [1.82, 2.24) is 14.5 Å². The van der Waals surface area contributed by atoms with Crippen molar-refractivity contribution in [3.8, 4) is 5.88 Å². The molecule has 7 heteroatoms. The molecule has 0 bridgehead atoms. The van der Waals surface area contributed by atoms with Crippen LogP contribution in [0.3, 0.4) is 0 Å². The lowest BCUT2D eigenvalue weighted by atomic mass is 10.2. The molecule has 2 aromatic rings. The molecule has 0 aliphatic carbocycles. The summed E-state index contributed by atoms with van der Waals surface area (Å²) in [6.07, 6.45) is 2.03. The van der Waals surface area contributed by atoms with Crippen LogP contribution in [0, 0.1) is 6.92 Å². The van der Waals surface area contributed by atoms with Gasteiger partial charge in [0.25, 0.3) is 0 Å². The molecule has 1 atom stereocenters. The van der Waals surface area contributed by atoms with Gasteiger partial charge in [-0.05, 0) is 31.1 Å². The van der Waals surface area contributed by atoms with Gasteiger partial charge >= 0.3 is 0 Å². The van der Waals surface area contributed by atoms with Crippen molar-refractivity contribution >= 4 is 16.1 Å². The molecule has 0 N–H and O–H groups in total. The summed E-state index contributed by atoms with van der Waals surface area (Å²) in [6.45, 7) is 2.60. The Morgan fingerprint density at radius 2 is 1.96 bits per heavy atom. The Morgan fingerprint density at radius 1 is 1.17 bits per heavy atom. The fraction of sp³-hybridized carbons (Fsp3) is 0.294. The molecule has 1 aliphatic rings. The lowest BCUT2D eigenvalue weighted by molar-refractivity contribution is 0.204. The minimum absolute atomic E-state index is 0.207. The van der Waals surface area contributed by atoms with Gasteiger partial charge in [-0.2, -0.15) is 9.40 Å². The van der Waals surface area contributed by atoms with Gasteiger partial charge in [0.2, 0.25) is 15.9 Å². The summed E-state index contributed by atoms with van der Waals surface area (Å²) in [5, 5.41) is 9.13. The summed E-state index contributed by atoms with van der Waals surface area (Å²) in [7, 11) is -3.45. The van der Waals surface area contributed by atoms with E-state index < -0.39 is 10.0 Å². The molecule has 1 saturated heterocycles. The topological polar surface area (TPSA) is 72.4 Å². The summed E-state index contributed by atoms with van der Waals surface area (Å²) in [5.41, 5.74) is 1.66. The van der Waals surface area contributed by atoms with Gasteiger partial charge in [0.1, 0.15) is 6.10 Å². The first-order valence-electron chi connectivity index (χ1n) is 7.73. The zero-order chi connectivity index (χ0) is 17.0. The quantitative estimate of drug-likeness (QED) is 0.831. The van der Waals surface area contributed by atoms with E-state index in [1.807, 2.05) is 43.3 Å². The van der Waals surface area contributed by atoms with Crippen LogP contribution in [-0.4, -0.2) is 42.1 Å². The van der Waals surface area contributed by atoms with E-state index in [0.717, 1.165) is 11.3 Å². The highest BCUT2D eigenvalue weighted by atomic mass is 32.2. The largest absolute Gasteiger partial charge is 0.472 e. The predicted octanol–water partition coefficient (Wildman–Crippen LogP) is 2.24. The van der Waals surface area contributed by atoms with Gasteiger partial charge in [0.05, 0.1) is 12.2 Å². The third-order valence-electron chi connectivity index (χ3n) is 3.76. The predicted molar refractivity (Wildman–Crippen MR) is 91.8 cm³/mol. The van der Waals surface area contributed by atoms with E-state index in [2.05, 4.69) is 10.2 Å². The summed E-state index contributed by atoms with van der Waals surface area (Å²) >= 11 is 0. The third kappa shape index (κ3) is 4.18. The first-order valence-corrected chi connectivity index (χ1v) is 9.23. The molecule has 24 heavy (non-hydrogen) atoms. The molecule has 1 aromatic heterocycles. The van der Waals surface area contributed by atoms with Crippen molar-refractivity contribution in [3.63, 3.8) is 0 Å². The molecule has 1 unspecified atom stereocenters. The van der Waals surface area contributed by atoms with Gasteiger partial charge in [-0.3, -0.25) is 0 Å². The average molecular weight is 345 g/mol. The van der Waals surface area contributed by atoms with E-state index in [0.29, 0.717) is 25.4 Å². The van der Waals surface area contributed by atoms with Crippen molar-refractivity contribution in [1.29, 1.82) is 0 Å². The molecule has 0 amide bonds. The highest BCUT2D eigenvalue weighted by Gasteiger charge is 2.31. The van der Waals surface area contributed by atoms with E-state index in [4.69, 9.17) is 4.74 Å². The second-order valence-electron chi connectivity index (χ2n) is 5.66. The number of ether oxygens (including phenoxy) is 1. The molecule has 126 valence electrons. The van der Waals surface area contributed by atoms with E-state index in [1.165, 1.54) is 9.71 Å². The standard InChI is InChI=1S/C17H19N3O3S/c1-14-7-8-17(19-18-14)23-16-9-11-20(13-16)24(21,22)12-10-15-5-3-2-4-6-15/h2-8,10,12,16H,9,11,13H2,1H3. The van der Waals surface area contributed by atoms with Crippen LogP contribution >= 0.6 is 0 Å². The minimum Gasteiger partial charge on any atom is -0.472 e. The molecule has 0 saturated carbocycles. The molecule has 6 nitrogen and oxygen atoms in total. The summed E-state index contributed by atoms with van der Waals surface area (Å²) < 4.78 is 32.0. The molecule has 1 fully saturated rings. The van der Waals surface area contributed by atoms with Crippen LogP contribution in [0.15, 0.2) is 47.9 Å². The molecule has 2 heterocycles. The Morgan fingerprint density at radius 3 is 2.67 bits per heavy atom. The maximum Gasteiger partial charge on any atom is 0.236 e. The Bertz CT molecular complexity index is 805. The van der Waals surface area contributed by atoms with Crippen LogP contribution in [0.5, 0.6) is 5.88 Å². The Kier molecular flexibility index (Phi) is 4.92.